The molecule has 0 aliphatic heterocycles. The SMILES string of the molecule is CCCc1cc(OCc2ccc(F)cc2Cl)n(CC2CCCC2)n1. The minimum Gasteiger partial charge on any atom is -0.473 e. The molecule has 1 aromatic heterocycles. The Hall–Kier alpha value is -1.55. The summed E-state index contributed by atoms with van der Waals surface area (Å²) in [5.74, 6) is 1.14. The molecule has 0 bridgehead atoms. The maximum absolute atomic E-state index is 13.2. The second-order valence-electron chi connectivity index (χ2n) is 6.58. The van der Waals surface area contributed by atoms with E-state index >= 15 is 0 Å². The minimum atomic E-state index is -0.333. The van der Waals surface area contributed by atoms with Gasteiger partial charge in [0.2, 0.25) is 5.88 Å². The summed E-state index contributed by atoms with van der Waals surface area (Å²) in [6.07, 6.45) is 7.18. The number of ether oxygens (including phenoxy) is 1. The Morgan fingerprint density at radius 3 is 2.79 bits per heavy atom. The fraction of sp³-hybridized carbons (Fsp3) is 0.526. The molecule has 0 atom stereocenters. The first-order valence-electron chi connectivity index (χ1n) is 8.79. The Kier molecular flexibility index (Phi) is 5.77. The van der Waals surface area contributed by atoms with Crippen molar-refractivity contribution in [1.82, 2.24) is 9.78 Å². The molecule has 3 rings (SSSR count). The van der Waals surface area contributed by atoms with Gasteiger partial charge in [0.25, 0.3) is 0 Å². The molecule has 5 heteroatoms. The fourth-order valence-electron chi connectivity index (χ4n) is 3.30. The van der Waals surface area contributed by atoms with Gasteiger partial charge in [0.15, 0.2) is 0 Å². The number of halogens is 2. The molecule has 0 amide bonds. The van der Waals surface area contributed by atoms with E-state index in [9.17, 15) is 4.39 Å². The molecule has 1 heterocycles. The zero-order chi connectivity index (χ0) is 16.9. The summed E-state index contributed by atoms with van der Waals surface area (Å²) in [5.41, 5.74) is 1.85. The number of hydrogen-bond donors (Lipinski definition) is 0. The summed E-state index contributed by atoms with van der Waals surface area (Å²) in [5, 5.41) is 5.11. The monoisotopic (exact) mass is 350 g/mol. The first-order chi connectivity index (χ1) is 11.7. The Balaban J connectivity index is 1.72. The summed E-state index contributed by atoms with van der Waals surface area (Å²) < 4.78 is 21.1. The van der Waals surface area contributed by atoms with Gasteiger partial charge >= 0.3 is 0 Å². The molecular formula is C19H24ClFN2O. The molecule has 1 aliphatic rings. The highest BCUT2D eigenvalue weighted by atomic mass is 35.5. The van der Waals surface area contributed by atoms with Crippen molar-refractivity contribution in [2.75, 3.05) is 0 Å². The number of rotatable bonds is 7. The molecule has 0 unspecified atom stereocenters. The third-order valence-corrected chi connectivity index (χ3v) is 4.95. The van der Waals surface area contributed by atoms with E-state index in [0.717, 1.165) is 36.5 Å². The number of hydrogen-bond acceptors (Lipinski definition) is 2. The topological polar surface area (TPSA) is 27.1 Å². The van der Waals surface area contributed by atoms with Gasteiger partial charge < -0.3 is 4.74 Å². The molecule has 0 radical (unpaired) electrons. The van der Waals surface area contributed by atoms with E-state index in [4.69, 9.17) is 21.4 Å². The van der Waals surface area contributed by atoms with Gasteiger partial charge in [-0.05, 0) is 37.3 Å². The van der Waals surface area contributed by atoms with Crippen LogP contribution in [-0.2, 0) is 19.6 Å². The van der Waals surface area contributed by atoms with Gasteiger partial charge in [-0.2, -0.15) is 5.10 Å². The predicted molar refractivity (Wildman–Crippen MR) is 93.9 cm³/mol. The Morgan fingerprint density at radius 2 is 2.08 bits per heavy atom. The van der Waals surface area contributed by atoms with Crippen LogP contribution >= 0.6 is 11.6 Å². The molecule has 1 saturated carbocycles. The van der Waals surface area contributed by atoms with Crippen molar-refractivity contribution >= 4 is 11.6 Å². The van der Waals surface area contributed by atoms with E-state index in [1.54, 1.807) is 6.07 Å². The average Bonchev–Trinajstić information content (AvgIpc) is 3.18. The highest BCUT2D eigenvalue weighted by Gasteiger charge is 2.19. The number of aryl methyl sites for hydroxylation is 1. The molecule has 0 saturated heterocycles. The van der Waals surface area contributed by atoms with Crippen LogP contribution in [0.15, 0.2) is 24.3 Å². The lowest BCUT2D eigenvalue weighted by Crippen LogP contribution is -2.11. The van der Waals surface area contributed by atoms with E-state index in [-0.39, 0.29) is 5.82 Å². The predicted octanol–water partition coefficient (Wildman–Crippen LogP) is 5.40. The molecule has 130 valence electrons. The number of aromatic nitrogens is 2. The lowest BCUT2D eigenvalue weighted by molar-refractivity contribution is 0.261. The van der Waals surface area contributed by atoms with E-state index in [1.807, 2.05) is 10.7 Å². The van der Waals surface area contributed by atoms with Gasteiger partial charge in [0.1, 0.15) is 12.4 Å². The zero-order valence-corrected chi connectivity index (χ0v) is 14.9. The summed E-state index contributed by atoms with van der Waals surface area (Å²) in [6.45, 7) is 3.38. The van der Waals surface area contributed by atoms with Gasteiger partial charge in [0, 0.05) is 18.2 Å². The third-order valence-electron chi connectivity index (χ3n) is 4.60. The Bertz CT molecular complexity index is 680. The smallest absolute Gasteiger partial charge is 0.212 e. The van der Waals surface area contributed by atoms with E-state index in [2.05, 4.69) is 6.92 Å². The molecule has 24 heavy (non-hydrogen) atoms. The van der Waals surface area contributed by atoms with Crippen LogP contribution in [0.25, 0.3) is 0 Å². The third kappa shape index (κ3) is 4.29. The van der Waals surface area contributed by atoms with Crippen molar-refractivity contribution in [3.63, 3.8) is 0 Å². The molecule has 1 fully saturated rings. The molecule has 1 aromatic carbocycles. The Morgan fingerprint density at radius 1 is 1.29 bits per heavy atom. The van der Waals surface area contributed by atoms with Crippen LogP contribution in [-0.4, -0.2) is 9.78 Å². The van der Waals surface area contributed by atoms with E-state index in [0.29, 0.717) is 17.5 Å². The van der Waals surface area contributed by atoms with Gasteiger partial charge in [-0.1, -0.05) is 43.9 Å². The van der Waals surface area contributed by atoms with Gasteiger partial charge in [-0.15, -0.1) is 0 Å². The largest absolute Gasteiger partial charge is 0.473 e. The van der Waals surface area contributed by atoms with Crippen molar-refractivity contribution in [2.45, 2.75) is 58.6 Å². The summed E-state index contributed by atoms with van der Waals surface area (Å²) in [6, 6.07) is 6.42. The van der Waals surface area contributed by atoms with Crippen molar-refractivity contribution in [3.05, 3.63) is 46.4 Å². The second-order valence-corrected chi connectivity index (χ2v) is 6.99. The maximum atomic E-state index is 13.2. The molecule has 0 spiro atoms. The van der Waals surface area contributed by atoms with Crippen molar-refractivity contribution in [1.29, 1.82) is 0 Å². The normalized spacial score (nSPS) is 15.1. The summed E-state index contributed by atoms with van der Waals surface area (Å²) in [7, 11) is 0. The van der Waals surface area contributed by atoms with Crippen LogP contribution in [0.1, 0.15) is 50.3 Å². The molecule has 0 N–H and O–H groups in total. The lowest BCUT2D eigenvalue weighted by Gasteiger charge is -2.13. The van der Waals surface area contributed by atoms with Crippen LogP contribution < -0.4 is 4.74 Å². The van der Waals surface area contributed by atoms with Gasteiger partial charge in [-0.25, -0.2) is 9.07 Å². The first kappa shape index (κ1) is 17.3. The summed E-state index contributed by atoms with van der Waals surface area (Å²) in [4.78, 5) is 0. The van der Waals surface area contributed by atoms with Crippen molar-refractivity contribution < 1.29 is 9.13 Å². The van der Waals surface area contributed by atoms with E-state index in [1.165, 1.54) is 37.8 Å². The average molecular weight is 351 g/mol. The van der Waals surface area contributed by atoms with E-state index < -0.39 is 0 Å². The van der Waals surface area contributed by atoms with Crippen LogP contribution in [0.5, 0.6) is 5.88 Å². The zero-order valence-electron chi connectivity index (χ0n) is 14.1. The first-order valence-corrected chi connectivity index (χ1v) is 9.17. The van der Waals surface area contributed by atoms with Crippen LogP contribution in [0.4, 0.5) is 4.39 Å². The molecular weight excluding hydrogens is 327 g/mol. The van der Waals surface area contributed by atoms with Gasteiger partial charge in [0.05, 0.1) is 10.7 Å². The highest BCUT2D eigenvalue weighted by molar-refractivity contribution is 6.31. The standard InChI is InChI=1S/C19H24ClFN2O/c1-2-5-17-11-19(23(22-17)12-14-6-3-4-7-14)24-13-15-8-9-16(21)10-18(15)20/h8-11,14H,2-7,12-13H2,1H3. The van der Waals surface area contributed by atoms with Crippen LogP contribution in [0.2, 0.25) is 5.02 Å². The highest BCUT2D eigenvalue weighted by Crippen LogP contribution is 2.28. The quantitative estimate of drug-likeness (QED) is 0.668. The van der Waals surface area contributed by atoms with Gasteiger partial charge in [-0.3, -0.25) is 0 Å². The minimum absolute atomic E-state index is 0.320. The maximum Gasteiger partial charge on any atom is 0.212 e. The number of nitrogens with zero attached hydrogens (tertiary/aromatic N) is 2. The summed E-state index contributed by atoms with van der Waals surface area (Å²) >= 11 is 6.09. The molecule has 3 nitrogen and oxygen atoms in total. The molecule has 1 aliphatic carbocycles. The Labute approximate surface area is 147 Å². The second kappa shape index (κ2) is 8.02. The van der Waals surface area contributed by atoms with Crippen LogP contribution in [0, 0.1) is 11.7 Å². The lowest BCUT2D eigenvalue weighted by atomic mass is 10.1. The number of benzene rings is 1. The molecule has 2 aromatic rings. The van der Waals surface area contributed by atoms with Crippen molar-refractivity contribution in [2.24, 2.45) is 5.92 Å². The van der Waals surface area contributed by atoms with Crippen LogP contribution in [0.3, 0.4) is 0 Å². The van der Waals surface area contributed by atoms with Crippen molar-refractivity contribution in [3.8, 4) is 5.88 Å². The fourth-order valence-corrected chi connectivity index (χ4v) is 3.53.